The summed E-state index contributed by atoms with van der Waals surface area (Å²) in [6, 6.07) is 48.9. The van der Waals surface area contributed by atoms with Crippen molar-refractivity contribution in [1.82, 2.24) is 14.5 Å². The molecule has 0 aliphatic carbocycles. The Morgan fingerprint density at radius 3 is 1.90 bits per heavy atom. The van der Waals surface area contributed by atoms with E-state index in [0.29, 0.717) is 5.82 Å². The van der Waals surface area contributed by atoms with Gasteiger partial charge in [-0.15, -0.1) is 0 Å². The van der Waals surface area contributed by atoms with Crippen molar-refractivity contribution in [2.75, 3.05) is 0 Å². The van der Waals surface area contributed by atoms with E-state index in [1.54, 1.807) is 0 Å². The molecule has 0 N–H and O–H groups in total. The lowest BCUT2D eigenvalue weighted by atomic mass is 9.98. The van der Waals surface area contributed by atoms with Gasteiger partial charge in [-0.3, -0.25) is 4.57 Å². The van der Waals surface area contributed by atoms with E-state index in [4.69, 9.17) is 9.97 Å². The maximum absolute atomic E-state index is 5.23. The quantitative estimate of drug-likeness (QED) is 0.228. The molecular weight excluding hydrogens is 506 g/mol. The molecule has 0 fully saturated rings. The molecule has 188 valence electrons. The summed E-state index contributed by atoms with van der Waals surface area (Å²) < 4.78 is 2.34. The van der Waals surface area contributed by atoms with Crippen molar-refractivity contribution in [3.63, 3.8) is 0 Å². The third kappa shape index (κ3) is 3.69. The molecule has 5 aromatic carbocycles. The minimum atomic E-state index is 0.708. The number of para-hydroxylation sites is 1. The predicted molar refractivity (Wildman–Crippen MR) is 165 cm³/mol. The normalized spacial score (nSPS) is 11.9. The minimum absolute atomic E-state index is 0.708. The second kappa shape index (κ2) is 9.37. The lowest BCUT2D eigenvalue weighted by Crippen LogP contribution is -2.04. The fourth-order valence-electron chi connectivity index (χ4n) is 5.66. The van der Waals surface area contributed by atoms with Gasteiger partial charge in [0, 0.05) is 43.5 Å². The van der Waals surface area contributed by atoms with Gasteiger partial charge in [-0.2, -0.15) is 0 Å². The fourth-order valence-corrected chi connectivity index (χ4v) is 6.74. The molecule has 40 heavy (non-hydrogen) atoms. The first kappa shape index (κ1) is 23.0. The molecule has 3 heterocycles. The van der Waals surface area contributed by atoms with Crippen molar-refractivity contribution in [3.05, 3.63) is 140 Å². The number of hydrogen-bond donors (Lipinski definition) is 0. The highest BCUT2D eigenvalue weighted by Crippen LogP contribution is 2.52. The average Bonchev–Trinajstić information content (AvgIpc) is 3.29. The molecule has 0 amide bonds. The van der Waals surface area contributed by atoms with Crippen LogP contribution in [-0.2, 0) is 0 Å². The van der Waals surface area contributed by atoms with Gasteiger partial charge in [0.1, 0.15) is 5.82 Å². The highest BCUT2D eigenvalue weighted by atomic mass is 32.2. The van der Waals surface area contributed by atoms with Crippen LogP contribution in [0.25, 0.3) is 61.8 Å². The van der Waals surface area contributed by atoms with E-state index < -0.39 is 0 Å². The molecule has 0 atom stereocenters. The average molecular weight is 530 g/mol. The van der Waals surface area contributed by atoms with Crippen molar-refractivity contribution < 1.29 is 0 Å². The summed E-state index contributed by atoms with van der Waals surface area (Å²) >= 11 is 1.83. The van der Waals surface area contributed by atoms with Gasteiger partial charge in [0.05, 0.1) is 16.9 Å². The number of aromatic nitrogens is 3. The zero-order valence-corrected chi connectivity index (χ0v) is 22.3. The standard InChI is InChI=1S/C36H23N3S/c1-3-13-24(14-4-1)29-23-33(38-36(37-29)25-15-5-2-6-16-25)39-30-20-10-7-17-26(30)34-27-18-8-11-21-31(27)40-32-22-12-9-19-28(32)35(34)39/h1-23H. The third-order valence-electron chi connectivity index (χ3n) is 7.44. The Morgan fingerprint density at radius 1 is 0.525 bits per heavy atom. The lowest BCUT2D eigenvalue weighted by Gasteiger charge is -2.15. The first-order valence-electron chi connectivity index (χ1n) is 13.4. The molecule has 0 radical (unpaired) electrons. The molecular formula is C36H23N3S. The Labute approximate surface area is 236 Å². The van der Waals surface area contributed by atoms with Gasteiger partial charge in [-0.05, 0) is 23.8 Å². The van der Waals surface area contributed by atoms with Gasteiger partial charge in [-0.25, -0.2) is 9.97 Å². The van der Waals surface area contributed by atoms with Crippen molar-refractivity contribution >= 4 is 22.7 Å². The fraction of sp³-hybridized carbons (Fsp3) is 0. The third-order valence-corrected chi connectivity index (χ3v) is 8.59. The molecule has 1 aliphatic rings. The molecule has 0 saturated heterocycles. The van der Waals surface area contributed by atoms with E-state index in [0.717, 1.165) is 33.8 Å². The maximum Gasteiger partial charge on any atom is 0.162 e. The minimum Gasteiger partial charge on any atom is -0.293 e. The smallest absolute Gasteiger partial charge is 0.162 e. The van der Waals surface area contributed by atoms with E-state index in [-0.39, 0.29) is 0 Å². The molecule has 4 heteroatoms. The second-order valence-corrected chi connectivity index (χ2v) is 10.9. The highest BCUT2D eigenvalue weighted by Gasteiger charge is 2.28. The van der Waals surface area contributed by atoms with Crippen LogP contribution in [0.15, 0.2) is 149 Å². The van der Waals surface area contributed by atoms with Crippen LogP contribution in [0.5, 0.6) is 0 Å². The number of nitrogens with zero attached hydrogens (tertiary/aromatic N) is 3. The van der Waals surface area contributed by atoms with Crippen LogP contribution in [0, 0.1) is 0 Å². The summed E-state index contributed by atoms with van der Waals surface area (Å²) in [5.74, 6) is 1.56. The zero-order valence-electron chi connectivity index (χ0n) is 21.5. The monoisotopic (exact) mass is 529 g/mol. The van der Waals surface area contributed by atoms with Crippen LogP contribution in [-0.4, -0.2) is 14.5 Å². The molecule has 8 rings (SSSR count). The molecule has 0 saturated carbocycles. The summed E-state index contributed by atoms with van der Waals surface area (Å²) in [7, 11) is 0. The van der Waals surface area contributed by atoms with Gasteiger partial charge in [0.15, 0.2) is 5.82 Å². The van der Waals surface area contributed by atoms with Gasteiger partial charge in [-0.1, -0.05) is 127 Å². The largest absolute Gasteiger partial charge is 0.293 e. The first-order valence-corrected chi connectivity index (χ1v) is 14.2. The predicted octanol–water partition coefficient (Wildman–Crippen LogP) is 9.55. The Bertz CT molecular complexity index is 1970. The Kier molecular flexibility index (Phi) is 5.39. The van der Waals surface area contributed by atoms with Crippen molar-refractivity contribution in [2.45, 2.75) is 9.79 Å². The van der Waals surface area contributed by atoms with E-state index in [1.165, 1.54) is 31.9 Å². The van der Waals surface area contributed by atoms with Gasteiger partial charge in [0.2, 0.25) is 0 Å². The van der Waals surface area contributed by atoms with Crippen LogP contribution in [0.2, 0.25) is 0 Å². The van der Waals surface area contributed by atoms with E-state index in [1.807, 2.05) is 36.0 Å². The van der Waals surface area contributed by atoms with Gasteiger partial charge < -0.3 is 0 Å². The molecule has 3 nitrogen and oxygen atoms in total. The second-order valence-electron chi connectivity index (χ2n) is 9.84. The van der Waals surface area contributed by atoms with Crippen molar-refractivity contribution in [2.24, 2.45) is 0 Å². The van der Waals surface area contributed by atoms with Crippen LogP contribution < -0.4 is 0 Å². The Morgan fingerprint density at radius 2 is 1.12 bits per heavy atom. The van der Waals surface area contributed by atoms with E-state index in [2.05, 4.69) is 120 Å². The molecule has 0 bridgehead atoms. The number of fused-ring (bicyclic) bond motifs is 7. The number of rotatable bonds is 3. The van der Waals surface area contributed by atoms with Gasteiger partial charge >= 0.3 is 0 Å². The topological polar surface area (TPSA) is 30.7 Å². The first-order chi connectivity index (χ1) is 19.8. The molecule has 1 aliphatic heterocycles. The SMILES string of the molecule is c1ccc(-c2cc(-n3c4c(c5ccccc53)-c3ccccc3Sc3ccccc3-4)nc(-c3ccccc3)n2)cc1. The lowest BCUT2D eigenvalue weighted by molar-refractivity contribution is 1.02. The zero-order chi connectivity index (χ0) is 26.5. The van der Waals surface area contributed by atoms with Crippen molar-refractivity contribution in [1.29, 1.82) is 0 Å². The highest BCUT2D eigenvalue weighted by molar-refractivity contribution is 7.99. The number of hydrogen-bond acceptors (Lipinski definition) is 3. The summed E-state index contributed by atoms with van der Waals surface area (Å²) in [5.41, 5.74) is 8.92. The van der Waals surface area contributed by atoms with E-state index >= 15 is 0 Å². The molecule has 7 aromatic rings. The van der Waals surface area contributed by atoms with Crippen LogP contribution >= 0.6 is 11.8 Å². The van der Waals surface area contributed by atoms with Gasteiger partial charge in [0.25, 0.3) is 0 Å². The van der Waals surface area contributed by atoms with Crippen molar-refractivity contribution in [3.8, 4) is 50.8 Å². The maximum atomic E-state index is 5.23. The summed E-state index contributed by atoms with van der Waals surface area (Å²) in [4.78, 5) is 12.8. The summed E-state index contributed by atoms with van der Waals surface area (Å²) in [6.45, 7) is 0. The number of benzene rings is 5. The molecule has 2 aromatic heterocycles. The van der Waals surface area contributed by atoms with E-state index in [9.17, 15) is 0 Å². The molecule has 0 spiro atoms. The molecule has 0 unspecified atom stereocenters. The van der Waals surface area contributed by atoms with Crippen LogP contribution in [0.3, 0.4) is 0 Å². The van der Waals surface area contributed by atoms with Crippen LogP contribution in [0.1, 0.15) is 0 Å². The summed E-state index contributed by atoms with van der Waals surface area (Å²) in [6.07, 6.45) is 0. The van der Waals surface area contributed by atoms with Crippen LogP contribution in [0.4, 0.5) is 0 Å². The summed E-state index contributed by atoms with van der Waals surface area (Å²) in [5, 5.41) is 1.21. The Balaban J connectivity index is 1.52. The Hall–Kier alpha value is -4.93.